The first-order chi connectivity index (χ1) is 27.0. The van der Waals surface area contributed by atoms with Crippen molar-refractivity contribution in [3.63, 3.8) is 0 Å². The first-order valence-corrected chi connectivity index (χ1v) is 17.9. The van der Waals surface area contributed by atoms with Crippen molar-refractivity contribution in [3.8, 4) is 0 Å². The summed E-state index contributed by atoms with van der Waals surface area (Å²) in [4.78, 5) is 105. The number of aliphatic carboxylic acids is 2. The Morgan fingerprint density at radius 1 is 0.649 bits per heavy atom. The molecule has 0 bridgehead atoms. The van der Waals surface area contributed by atoms with Gasteiger partial charge in [0.2, 0.25) is 35.4 Å². The lowest BCUT2D eigenvalue weighted by molar-refractivity contribution is -0.144. The van der Waals surface area contributed by atoms with Crippen LogP contribution in [0.5, 0.6) is 0 Å². The van der Waals surface area contributed by atoms with E-state index in [1.807, 2.05) is 0 Å². The molecular weight excluding hydrogens is 814 g/mol. The Bertz CT molecular complexity index is 2460. The van der Waals surface area contributed by atoms with Crippen LogP contribution in [0.25, 0.3) is 0 Å². The fraction of sp³-hybridized carbons (Fsp3) is 0.211. The minimum absolute atomic E-state index is 0.0297. The molecule has 2 atom stereocenters. The van der Waals surface area contributed by atoms with E-state index >= 15 is 0 Å². The number of anilines is 2. The van der Waals surface area contributed by atoms with Crippen LogP contribution in [0.4, 0.5) is 15.8 Å². The van der Waals surface area contributed by atoms with Gasteiger partial charge in [-0.1, -0.05) is 34.8 Å². The molecule has 2 saturated heterocycles. The summed E-state index contributed by atoms with van der Waals surface area (Å²) in [6.07, 6.45) is 1.97. The monoisotopic (exact) mass is 838 g/mol. The topological polar surface area (TPSA) is 203 Å². The van der Waals surface area contributed by atoms with Gasteiger partial charge in [0.05, 0.1) is 38.5 Å². The standard InChI is InChI=1S/C20H13Cl2FN2O5.C18H13ClN2O6/c21-11-1-4-15-13(6-11)20(18(29)24(15)9-17(27)28)7-16(26)25(19(20)30)8-10-5-12(23)2-3-14(10)22;19-11-1-2-13-12(5-11)18(16(25)20(13)8-15(23)24)6-14(22)21(17(18)26)7-10-3-4-27-9-10/h1-6H,7-9H2,(H,27,28);1-5,9H,6-8H2,(H,23,24). The summed E-state index contributed by atoms with van der Waals surface area (Å²) >= 11 is 18.2. The fourth-order valence-electron chi connectivity index (χ4n) is 7.62. The first-order valence-electron chi connectivity index (χ1n) is 16.8. The van der Waals surface area contributed by atoms with Crippen LogP contribution in [0.3, 0.4) is 0 Å². The highest BCUT2D eigenvalue weighted by molar-refractivity contribution is 6.34. The van der Waals surface area contributed by atoms with Crippen molar-refractivity contribution in [2.75, 3.05) is 22.9 Å². The number of furan rings is 1. The van der Waals surface area contributed by atoms with Gasteiger partial charge in [-0.05, 0) is 66.2 Å². The summed E-state index contributed by atoms with van der Waals surface area (Å²) in [5.41, 5.74) is -1.97. The van der Waals surface area contributed by atoms with Crippen molar-refractivity contribution in [2.45, 2.75) is 36.8 Å². The molecule has 8 rings (SSSR count). The van der Waals surface area contributed by atoms with Crippen LogP contribution < -0.4 is 9.80 Å². The van der Waals surface area contributed by atoms with E-state index in [0.717, 1.165) is 31.7 Å². The predicted molar refractivity (Wildman–Crippen MR) is 197 cm³/mol. The number of carbonyl (C=O) groups is 8. The second-order valence-electron chi connectivity index (χ2n) is 13.5. The quantitative estimate of drug-likeness (QED) is 0.189. The maximum Gasteiger partial charge on any atom is 0.323 e. The number of nitrogens with zero attached hydrogens (tertiary/aromatic N) is 4. The zero-order valence-corrected chi connectivity index (χ0v) is 31.3. The van der Waals surface area contributed by atoms with Gasteiger partial charge in [0.25, 0.3) is 0 Å². The number of carboxylic acid groups (broad SMARTS) is 2. The second-order valence-corrected chi connectivity index (χ2v) is 14.8. The number of carboxylic acids is 2. The molecule has 2 fully saturated rings. The van der Waals surface area contributed by atoms with Gasteiger partial charge in [-0.25, -0.2) is 4.39 Å². The van der Waals surface area contributed by atoms with Crippen molar-refractivity contribution in [3.05, 3.63) is 116 Å². The van der Waals surface area contributed by atoms with Gasteiger partial charge >= 0.3 is 11.9 Å². The SMILES string of the molecule is O=C(O)CN1C(=O)C2(CC(=O)N(Cc3cc(F)ccc3Cl)C2=O)c2cc(Cl)ccc21.O=C(O)CN1C(=O)C2(CC(=O)N(Cc3ccoc3)C2=O)c2cc(Cl)ccc21. The molecule has 57 heavy (non-hydrogen) atoms. The largest absolute Gasteiger partial charge is 0.480 e. The third-order valence-electron chi connectivity index (χ3n) is 10.1. The van der Waals surface area contributed by atoms with E-state index in [1.54, 1.807) is 6.07 Å². The lowest BCUT2D eigenvalue weighted by Gasteiger charge is -2.22. The highest BCUT2D eigenvalue weighted by atomic mass is 35.5. The van der Waals surface area contributed by atoms with E-state index in [2.05, 4.69) is 0 Å². The summed E-state index contributed by atoms with van der Waals surface area (Å²) in [6.45, 7) is -1.64. The lowest BCUT2D eigenvalue weighted by atomic mass is 9.80. The molecule has 292 valence electrons. The minimum Gasteiger partial charge on any atom is -0.480 e. The Kier molecular flexibility index (Phi) is 9.92. The van der Waals surface area contributed by atoms with Gasteiger partial charge in [0.1, 0.15) is 18.9 Å². The zero-order chi connectivity index (χ0) is 41.1. The number of rotatable bonds is 8. The first kappa shape index (κ1) is 39.1. The van der Waals surface area contributed by atoms with Gasteiger partial charge in [-0.15, -0.1) is 0 Å². The van der Waals surface area contributed by atoms with E-state index in [-0.39, 0.29) is 62.6 Å². The molecule has 0 aliphatic carbocycles. The van der Waals surface area contributed by atoms with Gasteiger partial charge in [-0.3, -0.25) is 58.0 Å². The van der Waals surface area contributed by atoms with Crippen LogP contribution in [0.2, 0.25) is 15.1 Å². The predicted octanol–water partition coefficient (Wildman–Crippen LogP) is 4.32. The van der Waals surface area contributed by atoms with Crippen molar-refractivity contribution in [1.29, 1.82) is 0 Å². The van der Waals surface area contributed by atoms with Crippen molar-refractivity contribution in [2.24, 2.45) is 0 Å². The van der Waals surface area contributed by atoms with Crippen LogP contribution >= 0.6 is 34.8 Å². The van der Waals surface area contributed by atoms with Gasteiger partial charge in [-0.2, -0.15) is 0 Å². The van der Waals surface area contributed by atoms with Gasteiger partial charge in [0.15, 0.2) is 10.8 Å². The molecule has 1 aromatic heterocycles. The summed E-state index contributed by atoms with van der Waals surface area (Å²) in [5, 5.41) is 19.0. The Balaban J connectivity index is 0.000000175. The van der Waals surface area contributed by atoms with E-state index in [9.17, 15) is 47.9 Å². The van der Waals surface area contributed by atoms with Crippen molar-refractivity contribution < 1.29 is 57.4 Å². The van der Waals surface area contributed by atoms with E-state index in [1.165, 1.54) is 55.0 Å². The number of hydrogen-bond donors (Lipinski definition) is 2. The van der Waals surface area contributed by atoms with Crippen molar-refractivity contribution in [1.82, 2.24) is 9.80 Å². The van der Waals surface area contributed by atoms with Crippen LogP contribution in [0.1, 0.15) is 35.1 Å². The van der Waals surface area contributed by atoms with Gasteiger partial charge in [0, 0.05) is 43.1 Å². The molecule has 0 saturated carbocycles. The molecule has 4 aliphatic rings. The fourth-order valence-corrected chi connectivity index (χ4v) is 8.14. The highest BCUT2D eigenvalue weighted by Crippen LogP contribution is 2.51. The zero-order valence-electron chi connectivity index (χ0n) is 29.0. The Labute approximate surface area is 335 Å². The normalized spacial score (nSPS) is 20.9. The number of benzene rings is 3. The number of likely N-dealkylation sites (tertiary alicyclic amines) is 2. The van der Waals surface area contributed by atoms with Gasteiger partial charge < -0.3 is 14.6 Å². The maximum absolute atomic E-state index is 13.6. The molecule has 2 spiro atoms. The molecule has 19 heteroatoms. The molecular formula is C38H26Cl3FN4O11. The molecule has 0 radical (unpaired) electrons. The Morgan fingerprint density at radius 2 is 1.12 bits per heavy atom. The summed E-state index contributed by atoms with van der Waals surface area (Å²) in [6, 6.07) is 13.9. The van der Waals surface area contributed by atoms with Crippen LogP contribution in [0.15, 0.2) is 77.6 Å². The number of halogens is 4. The number of hydrogen-bond acceptors (Lipinski definition) is 9. The second kappa shape index (κ2) is 14.4. The molecule has 2 unspecified atom stereocenters. The van der Waals surface area contributed by atoms with E-state index in [0.29, 0.717) is 5.56 Å². The number of amides is 6. The smallest absolute Gasteiger partial charge is 0.323 e. The molecule has 15 nitrogen and oxygen atoms in total. The molecule has 6 amide bonds. The third-order valence-corrected chi connectivity index (χ3v) is 11.0. The average Bonchev–Trinajstić information content (AvgIpc) is 3.92. The summed E-state index contributed by atoms with van der Waals surface area (Å²) in [7, 11) is 0. The molecule has 4 aromatic rings. The maximum atomic E-state index is 13.6. The van der Waals surface area contributed by atoms with Crippen LogP contribution in [0, 0.1) is 5.82 Å². The van der Waals surface area contributed by atoms with E-state index in [4.69, 9.17) is 44.3 Å². The molecule has 3 aromatic carbocycles. The lowest BCUT2D eigenvalue weighted by Crippen LogP contribution is -2.47. The highest BCUT2D eigenvalue weighted by Gasteiger charge is 2.65. The summed E-state index contributed by atoms with van der Waals surface area (Å²) < 4.78 is 18.6. The van der Waals surface area contributed by atoms with Crippen LogP contribution in [-0.4, -0.2) is 80.5 Å². The Morgan fingerprint density at radius 3 is 1.58 bits per heavy atom. The van der Waals surface area contributed by atoms with Crippen LogP contribution in [-0.2, 0) is 62.3 Å². The minimum atomic E-state index is -1.91. The number of fused-ring (bicyclic) bond motifs is 4. The third kappa shape index (κ3) is 6.39. The molecule has 2 N–H and O–H groups in total. The average molecular weight is 840 g/mol. The molecule has 4 aliphatic heterocycles. The Hall–Kier alpha value is -6.10. The summed E-state index contributed by atoms with van der Waals surface area (Å²) in [5.74, 6) is -7.32. The van der Waals surface area contributed by atoms with E-state index < -0.39 is 83.5 Å². The van der Waals surface area contributed by atoms with Crippen molar-refractivity contribution >= 4 is 93.6 Å². The number of carbonyl (C=O) groups excluding carboxylic acids is 6. The molecule has 5 heterocycles. The number of imide groups is 2.